The number of hydrogen-bond donors (Lipinski definition) is 2. The number of ether oxygens (including phenoxy) is 2. The van der Waals surface area contributed by atoms with Gasteiger partial charge in [0.25, 0.3) is 5.91 Å². The lowest BCUT2D eigenvalue weighted by molar-refractivity contribution is -0.126. The lowest BCUT2D eigenvalue weighted by Crippen LogP contribution is -2.45. The quantitative estimate of drug-likeness (QED) is 0.744. The average Bonchev–Trinajstić information content (AvgIpc) is 2.52. The van der Waals surface area contributed by atoms with E-state index in [1.165, 1.54) is 27.0 Å². The monoisotopic (exact) mass is 336 g/mol. The van der Waals surface area contributed by atoms with Crippen LogP contribution in [0.25, 0.3) is 0 Å². The van der Waals surface area contributed by atoms with Gasteiger partial charge in [0, 0.05) is 12.1 Å². The largest absolute Gasteiger partial charge is 0.493 e. The molecule has 0 aliphatic rings. The fourth-order valence-corrected chi connectivity index (χ4v) is 1.78. The van der Waals surface area contributed by atoms with Crippen LogP contribution in [0.15, 0.2) is 18.2 Å². The normalized spacial score (nSPS) is 11.6. The minimum atomic E-state index is -0.910. The van der Waals surface area contributed by atoms with Gasteiger partial charge in [0.2, 0.25) is 0 Å². The van der Waals surface area contributed by atoms with Crippen LogP contribution in [0.1, 0.15) is 38.1 Å². The molecule has 0 saturated heterocycles. The molecule has 0 bridgehead atoms. The van der Waals surface area contributed by atoms with Crippen molar-refractivity contribution in [2.45, 2.75) is 33.8 Å². The van der Waals surface area contributed by atoms with Gasteiger partial charge in [-0.15, -0.1) is 0 Å². The van der Waals surface area contributed by atoms with Crippen LogP contribution in [-0.2, 0) is 4.79 Å². The van der Waals surface area contributed by atoms with Crippen molar-refractivity contribution in [2.24, 2.45) is 5.92 Å². The van der Waals surface area contributed by atoms with Gasteiger partial charge in [0.05, 0.1) is 7.11 Å². The third-order valence-corrected chi connectivity index (χ3v) is 3.15. The van der Waals surface area contributed by atoms with Crippen LogP contribution in [0.5, 0.6) is 11.5 Å². The van der Waals surface area contributed by atoms with Crippen molar-refractivity contribution in [3.8, 4) is 11.5 Å². The minimum Gasteiger partial charge on any atom is -0.493 e. The zero-order valence-electron chi connectivity index (χ0n) is 14.6. The summed E-state index contributed by atoms with van der Waals surface area (Å²) in [6.45, 7) is 7.33. The Morgan fingerprint density at radius 2 is 1.79 bits per heavy atom. The molecule has 24 heavy (non-hydrogen) atoms. The van der Waals surface area contributed by atoms with Crippen LogP contribution in [0.2, 0.25) is 0 Å². The van der Waals surface area contributed by atoms with Gasteiger partial charge in [-0.3, -0.25) is 14.9 Å². The van der Waals surface area contributed by atoms with E-state index in [1.807, 2.05) is 13.8 Å². The first kappa shape index (κ1) is 19.5. The van der Waals surface area contributed by atoms with Crippen LogP contribution in [0, 0.1) is 5.92 Å². The fourth-order valence-electron chi connectivity index (χ4n) is 1.78. The molecule has 1 aromatic rings. The molecule has 0 aromatic heterocycles. The number of rotatable bonds is 7. The molecule has 0 fully saturated rings. The van der Waals surface area contributed by atoms with Gasteiger partial charge < -0.3 is 14.8 Å². The topological polar surface area (TPSA) is 93.7 Å². The molecular weight excluding hydrogens is 312 g/mol. The Morgan fingerprint density at radius 1 is 1.12 bits per heavy atom. The van der Waals surface area contributed by atoms with Crippen molar-refractivity contribution >= 4 is 17.7 Å². The second kappa shape index (κ2) is 8.90. The molecule has 7 heteroatoms. The van der Waals surface area contributed by atoms with Gasteiger partial charge in [-0.1, -0.05) is 13.8 Å². The molecule has 132 valence electrons. The lowest BCUT2D eigenvalue weighted by atomic mass is 10.1. The Morgan fingerprint density at radius 3 is 2.33 bits per heavy atom. The number of benzene rings is 1. The molecule has 7 nitrogen and oxygen atoms in total. The fraction of sp³-hybridized carbons (Fsp3) is 0.471. The van der Waals surface area contributed by atoms with E-state index >= 15 is 0 Å². The van der Waals surface area contributed by atoms with Crippen LogP contribution >= 0.6 is 0 Å². The molecule has 0 radical (unpaired) electrons. The van der Waals surface area contributed by atoms with Crippen LogP contribution in [0.4, 0.5) is 4.79 Å². The number of nitrogens with one attached hydrogen (secondary N) is 2. The molecule has 0 aliphatic carbocycles. The Hall–Kier alpha value is -2.57. The lowest BCUT2D eigenvalue weighted by Gasteiger charge is -2.17. The third kappa shape index (κ3) is 5.91. The number of carbonyl (C=O) groups excluding carboxylic acids is 3. The number of hydrogen-bond acceptors (Lipinski definition) is 5. The Kier molecular flexibility index (Phi) is 7.23. The maximum absolute atomic E-state index is 12.0. The summed E-state index contributed by atoms with van der Waals surface area (Å²) in [7, 11) is 1.44. The van der Waals surface area contributed by atoms with Gasteiger partial charge in [-0.05, 0) is 38.0 Å². The number of methoxy groups -OCH3 is 1. The number of imide groups is 1. The van der Waals surface area contributed by atoms with Crippen LogP contribution < -0.4 is 20.1 Å². The molecule has 0 heterocycles. The van der Waals surface area contributed by atoms with Crippen molar-refractivity contribution in [1.29, 1.82) is 0 Å². The first-order valence-corrected chi connectivity index (χ1v) is 7.69. The first-order valence-electron chi connectivity index (χ1n) is 7.69. The summed E-state index contributed by atoms with van der Waals surface area (Å²) in [4.78, 5) is 35.0. The van der Waals surface area contributed by atoms with E-state index in [2.05, 4.69) is 10.6 Å². The van der Waals surface area contributed by atoms with Gasteiger partial charge in [0.15, 0.2) is 23.4 Å². The molecule has 1 aromatic carbocycles. The predicted molar refractivity (Wildman–Crippen MR) is 89.5 cm³/mol. The minimum absolute atomic E-state index is 0.104. The smallest absolute Gasteiger partial charge is 0.321 e. The SMILES string of the molecule is COc1cc(C(C)=O)ccc1O[C@@H](C)C(=O)NC(=O)NCC(C)C. The van der Waals surface area contributed by atoms with E-state index in [0.717, 1.165) is 0 Å². The summed E-state index contributed by atoms with van der Waals surface area (Å²) < 4.78 is 10.7. The summed E-state index contributed by atoms with van der Waals surface area (Å²) in [6.07, 6.45) is -0.910. The molecular formula is C17H24N2O5. The van der Waals surface area contributed by atoms with E-state index in [9.17, 15) is 14.4 Å². The standard InChI is InChI=1S/C17H24N2O5/c1-10(2)9-18-17(22)19-16(21)12(4)24-14-7-6-13(11(3)20)8-15(14)23-5/h6-8,10,12H,9H2,1-5H3,(H2,18,19,21,22)/t12-/m0/s1. The third-order valence-electron chi connectivity index (χ3n) is 3.15. The highest BCUT2D eigenvalue weighted by Gasteiger charge is 2.19. The predicted octanol–water partition coefficient (Wildman–Crippen LogP) is 2.15. The van der Waals surface area contributed by atoms with Crippen molar-refractivity contribution < 1.29 is 23.9 Å². The van der Waals surface area contributed by atoms with E-state index in [1.54, 1.807) is 12.1 Å². The number of Topliss-reactive ketones (excluding diaryl/α,β-unsaturated/α-hetero) is 1. The first-order chi connectivity index (χ1) is 11.2. The summed E-state index contributed by atoms with van der Waals surface area (Å²) in [5.74, 6) is 0.254. The molecule has 0 saturated carbocycles. The van der Waals surface area contributed by atoms with Crippen molar-refractivity contribution in [1.82, 2.24) is 10.6 Å². The van der Waals surface area contributed by atoms with Crippen LogP contribution in [0.3, 0.4) is 0 Å². The summed E-state index contributed by atoms with van der Waals surface area (Å²) in [5.41, 5.74) is 0.476. The van der Waals surface area contributed by atoms with Gasteiger partial charge in [0.1, 0.15) is 0 Å². The summed E-state index contributed by atoms with van der Waals surface area (Å²) in [6, 6.07) is 4.11. The summed E-state index contributed by atoms with van der Waals surface area (Å²) in [5, 5.41) is 4.80. The van der Waals surface area contributed by atoms with E-state index in [0.29, 0.717) is 23.6 Å². The van der Waals surface area contributed by atoms with Crippen molar-refractivity contribution in [2.75, 3.05) is 13.7 Å². The Bertz CT molecular complexity index is 613. The van der Waals surface area contributed by atoms with Gasteiger partial charge >= 0.3 is 6.03 Å². The Balaban J connectivity index is 2.69. The van der Waals surface area contributed by atoms with Crippen molar-refractivity contribution in [3.05, 3.63) is 23.8 Å². The van der Waals surface area contributed by atoms with E-state index in [-0.39, 0.29) is 11.7 Å². The van der Waals surface area contributed by atoms with E-state index in [4.69, 9.17) is 9.47 Å². The second-order valence-corrected chi connectivity index (χ2v) is 5.78. The second-order valence-electron chi connectivity index (χ2n) is 5.78. The zero-order valence-corrected chi connectivity index (χ0v) is 14.6. The zero-order chi connectivity index (χ0) is 18.3. The van der Waals surface area contributed by atoms with E-state index < -0.39 is 18.0 Å². The maximum atomic E-state index is 12.0. The van der Waals surface area contributed by atoms with Gasteiger partial charge in [-0.2, -0.15) is 0 Å². The molecule has 0 aliphatic heterocycles. The Labute approximate surface area is 141 Å². The molecule has 2 N–H and O–H groups in total. The van der Waals surface area contributed by atoms with Crippen LogP contribution in [-0.4, -0.2) is 37.5 Å². The molecule has 3 amide bonds. The maximum Gasteiger partial charge on any atom is 0.321 e. The number of amides is 3. The highest BCUT2D eigenvalue weighted by atomic mass is 16.5. The van der Waals surface area contributed by atoms with Crippen molar-refractivity contribution in [3.63, 3.8) is 0 Å². The molecule has 0 unspecified atom stereocenters. The number of urea groups is 1. The number of carbonyl (C=O) groups is 3. The highest BCUT2D eigenvalue weighted by molar-refractivity contribution is 5.96. The molecule has 1 atom stereocenters. The summed E-state index contributed by atoms with van der Waals surface area (Å²) >= 11 is 0. The number of ketones is 1. The molecule has 0 spiro atoms. The van der Waals surface area contributed by atoms with Gasteiger partial charge in [-0.25, -0.2) is 4.79 Å². The highest BCUT2D eigenvalue weighted by Crippen LogP contribution is 2.29. The average molecular weight is 336 g/mol. The molecule has 1 rings (SSSR count).